The molecule has 0 spiro atoms. The van der Waals surface area contributed by atoms with E-state index in [1.54, 1.807) is 0 Å². The van der Waals surface area contributed by atoms with Crippen molar-refractivity contribution in [2.75, 3.05) is 0 Å². The number of hydrogen-bond donors (Lipinski definition) is 0. The minimum Gasteiger partial charge on any atom is -0.299 e. The number of sulfonamides is 1. The molecule has 0 heterocycles. The monoisotopic (exact) mass is 426 g/mol. The first-order chi connectivity index (χ1) is 14.3. The SMILES string of the molecule is CC1=C(N(Cc2ccccc2)S(=O)(=O)c2ccc([N+](=O)[O-])cc2)[C@@H]2C(=O)CCC[C@H]12. The Labute approximate surface area is 175 Å². The summed E-state index contributed by atoms with van der Waals surface area (Å²) in [4.78, 5) is 23.0. The summed E-state index contributed by atoms with van der Waals surface area (Å²) in [5.74, 6) is -0.203. The van der Waals surface area contributed by atoms with Gasteiger partial charge in [0.15, 0.2) is 0 Å². The summed E-state index contributed by atoms with van der Waals surface area (Å²) in [5, 5.41) is 10.9. The van der Waals surface area contributed by atoms with Crippen LogP contribution in [0.1, 0.15) is 31.7 Å². The van der Waals surface area contributed by atoms with Gasteiger partial charge >= 0.3 is 0 Å². The molecule has 4 rings (SSSR count). The third-order valence-corrected chi connectivity index (χ3v) is 7.79. The highest BCUT2D eigenvalue weighted by Crippen LogP contribution is 2.50. The van der Waals surface area contributed by atoms with Crippen LogP contribution < -0.4 is 0 Å². The first-order valence-electron chi connectivity index (χ1n) is 9.85. The normalized spacial score (nSPS) is 21.0. The third-order valence-electron chi connectivity index (χ3n) is 6.02. The van der Waals surface area contributed by atoms with Crippen molar-refractivity contribution in [1.29, 1.82) is 0 Å². The van der Waals surface area contributed by atoms with Gasteiger partial charge in [-0.05, 0) is 49.0 Å². The summed E-state index contributed by atoms with van der Waals surface area (Å²) in [5.41, 5.74) is 2.13. The number of carbonyl (C=O) groups is 1. The zero-order chi connectivity index (χ0) is 21.5. The van der Waals surface area contributed by atoms with Crippen molar-refractivity contribution >= 4 is 21.5 Å². The fourth-order valence-corrected chi connectivity index (χ4v) is 6.03. The summed E-state index contributed by atoms with van der Waals surface area (Å²) in [6, 6.07) is 14.1. The van der Waals surface area contributed by atoms with Crippen LogP contribution in [0.3, 0.4) is 0 Å². The minimum absolute atomic E-state index is 0.0314. The highest BCUT2D eigenvalue weighted by Gasteiger charge is 2.49. The molecule has 2 aliphatic carbocycles. The van der Waals surface area contributed by atoms with Gasteiger partial charge in [0.25, 0.3) is 15.7 Å². The first kappa shape index (κ1) is 20.3. The van der Waals surface area contributed by atoms with E-state index in [1.807, 2.05) is 37.3 Å². The number of ketones is 1. The molecule has 1 fully saturated rings. The van der Waals surface area contributed by atoms with Crippen molar-refractivity contribution < 1.29 is 18.1 Å². The molecular formula is C22H22N2O5S. The molecule has 2 aliphatic rings. The van der Waals surface area contributed by atoms with E-state index in [-0.39, 0.29) is 28.8 Å². The van der Waals surface area contributed by atoms with Gasteiger partial charge in [0.05, 0.1) is 22.3 Å². The summed E-state index contributed by atoms with van der Waals surface area (Å²) in [7, 11) is -4.01. The van der Waals surface area contributed by atoms with E-state index in [2.05, 4.69) is 0 Å². The van der Waals surface area contributed by atoms with E-state index in [4.69, 9.17) is 0 Å². The molecule has 2 aromatic carbocycles. The fraction of sp³-hybridized carbons (Fsp3) is 0.318. The number of Topliss-reactive ketones (excluding diaryl/α,β-unsaturated/α-hetero) is 1. The van der Waals surface area contributed by atoms with Crippen molar-refractivity contribution in [2.24, 2.45) is 11.8 Å². The van der Waals surface area contributed by atoms with Crippen LogP contribution in [0, 0.1) is 22.0 Å². The average Bonchev–Trinajstić information content (AvgIpc) is 2.74. The van der Waals surface area contributed by atoms with E-state index in [9.17, 15) is 23.3 Å². The highest BCUT2D eigenvalue weighted by molar-refractivity contribution is 7.89. The lowest BCUT2D eigenvalue weighted by Gasteiger charge is -2.47. The Morgan fingerprint density at radius 2 is 1.77 bits per heavy atom. The number of nitro groups is 1. The number of hydrogen-bond acceptors (Lipinski definition) is 5. The number of nitrogens with zero attached hydrogens (tertiary/aromatic N) is 2. The van der Waals surface area contributed by atoms with E-state index in [0.717, 1.165) is 24.0 Å². The largest absolute Gasteiger partial charge is 0.299 e. The van der Waals surface area contributed by atoms with Crippen LogP contribution in [0.15, 0.2) is 70.8 Å². The van der Waals surface area contributed by atoms with Gasteiger partial charge < -0.3 is 0 Å². The Hall–Kier alpha value is -3.00. The lowest BCUT2D eigenvalue weighted by Crippen LogP contribution is -2.47. The molecular weight excluding hydrogens is 404 g/mol. The number of fused-ring (bicyclic) bond motifs is 1. The topological polar surface area (TPSA) is 97.6 Å². The van der Waals surface area contributed by atoms with Crippen LogP contribution in [0.2, 0.25) is 0 Å². The van der Waals surface area contributed by atoms with Gasteiger partial charge in [-0.1, -0.05) is 30.3 Å². The van der Waals surface area contributed by atoms with Crippen molar-refractivity contribution in [3.8, 4) is 0 Å². The van der Waals surface area contributed by atoms with Crippen molar-refractivity contribution in [1.82, 2.24) is 4.31 Å². The molecule has 0 unspecified atom stereocenters. The molecule has 30 heavy (non-hydrogen) atoms. The van der Waals surface area contributed by atoms with Gasteiger partial charge in [0.1, 0.15) is 5.78 Å². The van der Waals surface area contributed by atoms with Crippen LogP contribution in [-0.2, 0) is 21.4 Å². The van der Waals surface area contributed by atoms with Gasteiger partial charge in [0.2, 0.25) is 0 Å². The number of nitro benzene ring substituents is 1. The lowest BCUT2D eigenvalue weighted by molar-refractivity contribution is -0.384. The van der Waals surface area contributed by atoms with Gasteiger partial charge in [-0.25, -0.2) is 8.42 Å². The molecule has 7 nitrogen and oxygen atoms in total. The van der Waals surface area contributed by atoms with Gasteiger partial charge in [-0.15, -0.1) is 0 Å². The van der Waals surface area contributed by atoms with Gasteiger partial charge in [0, 0.05) is 24.3 Å². The van der Waals surface area contributed by atoms with E-state index in [0.29, 0.717) is 12.1 Å². The number of non-ortho nitro benzene ring substituents is 1. The highest BCUT2D eigenvalue weighted by atomic mass is 32.2. The number of benzene rings is 2. The Balaban J connectivity index is 1.78. The maximum absolute atomic E-state index is 13.6. The molecule has 2 aromatic rings. The van der Waals surface area contributed by atoms with Crippen LogP contribution in [0.25, 0.3) is 0 Å². The molecule has 1 saturated carbocycles. The van der Waals surface area contributed by atoms with Crippen molar-refractivity contribution in [3.05, 3.63) is 81.5 Å². The molecule has 2 atom stereocenters. The maximum Gasteiger partial charge on any atom is 0.269 e. The Morgan fingerprint density at radius 1 is 1.10 bits per heavy atom. The van der Waals surface area contributed by atoms with Gasteiger partial charge in [-0.3, -0.25) is 19.2 Å². The number of rotatable bonds is 6. The Morgan fingerprint density at radius 3 is 2.40 bits per heavy atom. The molecule has 0 saturated heterocycles. The molecule has 0 aromatic heterocycles. The molecule has 8 heteroatoms. The molecule has 0 bridgehead atoms. The maximum atomic E-state index is 13.6. The summed E-state index contributed by atoms with van der Waals surface area (Å²) in [6.07, 6.45) is 2.19. The molecule has 156 valence electrons. The fourth-order valence-electron chi connectivity index (χ4n) is 4.46. The second-order valence-electron chi connectivity index (χ2n) is 7.76. The zero-order valence-corrected chi connectivity index (χ0v) is 17.3. The summed E-state index contributed by atoms with van der Waals surface area (Å²) < 4.78 is 28.5. The van der Waals surface area contributed by atoms with Crippen molar-refractivity contribution in [3.63, 3.8) is 0 Å². The second kappa shape index (κ2) is 7.68. The van der Waals surface area contributed by atoms with Crippen LogP contribution >= 0.6 is 0 Å². The number of carbonyl (C=O) groups excluding carboxylic acids is 1. The molecule has 0 aliphatic heterocycles. The molecule has 0 N–H and O–H groups in total. The minimum atomic E-state index is -4.01. The summed E-state index contributed by atoms with van der Waals surface area (Å²) >= 11 is 0. The van der Waals surface area contributed by atoms with E-state index < -0.39 is 20.9 Å². The predicted molar refractivity (Wildman–Crippen MR) is 111 cm³/mol. The molecule has 0 radical (unpaired) electrons. The Kier molecular flexibility index (Phi) is 5.19. The standard InChI is InChI=1S/C22H22N2O5S/c1-15-19-8-5-9-20(25)21(19)22(15)23(14-16-6-3-2-4-7-16)30(28,29)18-12-10-17(11-13-18)24(26)27/h2-4,6-7,10-13,19,21H,5,8-9,14H2,1H3/t19-,21+/m1/s1. The third kappa shape index (κ3) is 3.41. The first-order valence-corrected chi connectivity index (χ1v) is 11.3. The zero-order valence-electron chi connectivity index (χ0n) is 16.5. The lowest BCUT2D eigenvalue weighted by atomic mass is 9.64. The van der Waals surface area contributed by atoms with E-state index in [1.165, 1.54) is 28.6 Å². The number of allylic oxidation sites excluding steroid dienone is 2. The predicted octanol–water partition coefficient (Wildman–Crippen LogP) is 4.06. The average molecular weight is 426 g/mol. The quantitative estimate of drug-likeness (QED) is 0.512. The van der Waals surface area contributed by atoms with E-state index >= 15 is 0 Å². The van der Waals surface area contributed by atoms with Crippen molar-refractivity contribution in [2.45, 2.75) is 37.6 Å². The van der Waals surface area contributed by atoms with Crippen LogP contribution in [-0.4, -0.2) is 23.4 Å². The Bertz CT molecular complexity index is 1120. The second-order valence-corrected chi connectivity index (χ2v) is 9.62. The van der Waals surface area contributed by atoms with Gasteiger partial charge in [-0.2, -0.15) is 0 Å². The van der Waals surface area contributed by atoms with Crippen LogP contribution in [0.5, 0.6) is 0 Å². The summed E-state index contributed by atoms with van der Waals surface area (Å²) in [6.45, 7) is 2.00. The van der Waals surface area contributed by atoms with Crippen LogP contribution in [0.4, 0.5) is 5.69 Å². The molecule has 0 amide bonds. The smallest absolute Gasteiger partial charge is 0.269 e.